The van der Waals surface area contributed by atoms with Gasteiger partial charge in [-0.25, -0.2) is 9.97 Å². The molecule has 92 valence electrons. The molecule has 0 unspecified atom stereocenters. The van der Waals surface area contributed by atoms with Gasteiger partial charge in [-0.05, 0) is 19.3 Å². The third-order valence-electron chi connectivity index (χ3n) is 2.21. The fourth-order valence-electron chi connectivity index (χ4n) is 1.44. The van der Waals surface area contributed by atoms with E-state index in [9.17, 15) is 4.53 Å². The van der Waals surface area contributed by atoms with Gasteiger partial charge in [-0.2, -0.15) is 0 Å². The first-order valence-electron chi connectivity index (χ1n) is 5.88. The molecule has 0 bridgehead atoms. The van der Waals surface area contributed by atoms with Crippen LogP contribution in [-0.4, -0.2) is 9.97 Å². The van der Waals surface area contributed by atoms with Gasteiger partial charge in [0.25, 0.3) is 0 Å². The molecule has 0 spiro atoms. The average molecular weight is 236 g/mol. The van der Waals surface area contributed by atoms with Crippen molar-refractivity contribution in [2.45, 2.75) is 33.1 Å². The molecule has 0 atom stereocenters. The number of aromatic nitrogens is 2. The molecule has 0 N–H and O–H groups in total. The van der Waals surface area contributed by atoms with Crippen LogP contribution in [0.5, 0.6) is 5.75 Å². The van der Waals surface area contributed by atoms with E-state index in [0.29, 0.717) is 5.82 Å². The molecule has 3 nitrogen and oxygen atoms in total. The van der Waals surface area contributed by atoms with E-state index in [1.54, 1.807) is 0 Å². The summed E-state index contributed by atoms with van der Waals surface area (Å²) in [5, 5.41) is 0. The molecule has 0 aliphatic heterocycles. The second kappa shape index (κ2) is 7.54. The Labute approximate surface area is 101 Å². The van der Waals surface area contributed by atoms with Crippen LogP contribution in [0.15, 0.2) is 30.6 Å². The normalized spacial score (nSPS) is 14.2. The van der Waals surface area contributed by atoms with E-state index in [1.807, 2.05) is 19.9 Å². The quantitative estimate of drug-likeness (QED) is 0.781. The van der Waals surface area contributed by atoms with Gasteiger partial charge < -0.3 is 0 Å². The van der Waals surface area contributed by atoms with Crippen LogP contribution in [0.25, 0.3) is 5.57 Å². The van der Waals surface area contributed by atoms with Crippen molar-refractivity contribution < 1.29 is 9.47 Å². The maximum absolute atomic E-state index is 11.8. The van der Waals surface area contributed by atoms with Gasteiger partial charge >= 0.3 is 0 Å². The van der Waals surface area contributed by atoms with E-state index in [1.165, 1.54) is 12.4 Å². The van der Waals surface area contributed by atoms with Crippen LogP contribution >= 0.6 is 0 Å². The summed E-state index contributed by atoms with van der Waals surface area (Å²) in [6.07, 6.45) is 12.1. The predicted octanol–water partition coefficient (Wildman–Crippen LogP) is 3.89. The van der Waals surface area contributed by atoms with E-state index in [0.717, 1.165) is 24.8 Å². The molecular weight excluding hydrogens is 219 g/mol. The lowest BCUT2D eigenvalue weighted by molar-refractivity contribution is -0.00712. The Hall–Kier alpha value is -1.71. The Balaban J connectivity index is 0.000000686. The lowest BCUT2D eigenvalue weighted by atomic mass is 10.2. The van der Waals surface area contributed by atoms with Gasteiger partial charge in [0.05, 0.1) is 12.4 Å². The number of hydrogen-bond acceptors (Lipinski definition) is 3. The zero-order valence-corrected chi connectivity index (χ0v) is 10.2. The minimum Gasteiger partial charge on any atom is -0.291 e. The van der Waals surface area contributed by atoms with Crippen molar-refractivity contribution in [2.24, 2.45) is 0 Å². The Morgan fingerprint density at radius 3 is 2.53 bits per heavy atom. The lowest BCUT2D eigenvalue weighted by Crippen LogP contribution is -1.92. The molecule has 4 heteroatoms. The number of nitrogens with zero attached hydrogens (tertiary/aromatic N) is 2. The highest BCUT2D eigenvalue weighted by Crippen LogP contribution is 2.18. The average Bonchev–Trinajstić information content (AvgIpc) is 2.70. The van der Waals surface area contributed by atoms with Crippen molar-refractivity contribution in [3.05, 3.63) is 36.4 Å². The molecule has 1 aromatic rings. The van der Waals surface area contributed by atoms with Gasteiger partial charge in [0.15, 0.2) is 5.82 Å². The summed E-state index contributed by atoms with van der Waals surface area (Å²) < 4.78 is 11.8. The summed E-state index contributed by atoms with van der Waals surface area (Å²) in [7, 11) is 0. The van der Waals surface area contributed by atoms with E-state index >= 15 is 0 Å². The molecule has 0 aromatic carbocycles. The van der Waals surface area contributed by atoms with Crippen molar-refractivity contribution >= 4 is 5.57 Å². The van der Waals surface area contributed by atoms with Gasteiger partial charge in [0.1, 0.15) is 0 Å². The molecule has 0 saturated heterocycles. The highest BCUT2D eigenvalue weighted by molar-refractivity contribution is 5.69. The summed E-state index contributed by atoms with van der Waals surface area (Å²) >= 11 is 0. The SMILES string of the molecule is CC.FOc1cnc(C2=CCCCC=C2)nc1. The number of hydrogen-bond donors (Lipinski definition) is 0. The summed E-state index contributed by atoms with van der Waals surface area (Å²) in [5.74, 6) is 0.630. The van der Waals surface area contributed by atoms with Crippen LogP contribution < -0.4 is 4.94 Å². The van der Waals surface area contributed by atoms with Gasteiger partial charge in [-0.15, -0.1) is 0 Å². The van der Waals surface area contributed by atoms with Crippen LogP contribution in [0.4, 0.5) is 4.53 Å². The number of rotatable bonds is 2. The highest BCUT2D eigenvalue weighted by Gasteiger charge is 2.04. The summed E-state index contributed by atoms with van der Waals surface area (Å²) in [6, 6.07) is 0. The molecule has 0 radical (unpaired) electrons. The smallest absolute Gasteiger partial charge is 0.208 e. The molecule has 17 heavy (non-hydrogen) atoms. The standard InChI is InChI=1S/C11H11FN2O.C2H6/c12-15-10-7-13-11(14-8-10)9-5-3-1-2-4-6-9;1-2/h3,5-8H,1-2,4H2;1-2H3. The van der Waals surface area contributed by atoms with Crippen LogP contribution in [0, 0.1) is 0 Å². The molecule has 2 rings (SSSR count). The second-order valence-electron chi connectivity index (χ2n) is 3.31. The topological polar surface area (TPSA) is 35.0 Å². The monoisotopic (exact) mass is 236 g/mol. The largest absolute Gasteiger partial charge is 0.291 e. The molecule has 0 saturated carbocycles. The van der Waals surface area contributed by atoms with Crippen molar-refractivity contribution in [2.75, 3.05) is 0 Å². The molecule has 1 aromatic heterocycles. The van der Waals surface area contributed by atoms with E-state index in [4.69, 9.17) is 0 Å². The van der Waals surface area contributed by atoms with Crippen LogP contribution in [0.2, 0.25) is 0 Å². The fraction of sp³-hybridized carbons (Fsp3) is 0.385. The van der Waals surface area contributed by atoms with Gasteiger partial charge in [0.2, 0.25) is 5.75 Å². The Kier molecular flexibility index (Phi) is 5.93. The first-order chi connectivity index (χ1) is 8.40. The zero-order valence-electron chi connectivity index (χ0n) is 10.2. The van der Waals surface area contributed by atoms with Gasteiger partial charge in [-0.3, -0.25) is 4.94 Å². The third kappa shape index (κ3) is 3.98. The summed E-state index contributed by atoms with van der Waals surface area (Å²) in [5.41, 5.74) is 0.984. The van der Waals surface area contributed by atoms with Crippen molar-refractivity contribution in [1.82, 2.24) is 9.97 Å². The summed E-state index contributed by atoms with van der Waals surface area (Å²) in [4.78, 5) is 11.6. The Bertz CT molecular complexity index is 385. The molecule has 0 amide bonds. The molecular formula is C13H17FN2O. The molecule has 1 aliphatic carbocycles. The van der Waals surface area contributed by atoms with Crippen molar-refractivity contribution in [1.29, 1.82) is 0 Å². The first-order valence-corrected chi connectivity index (χ1v) is 5.88. The van der Waals surface area contributed by atoms with E-state index in [-0.39, 0.29) is 5.75 Å². The number of halogens is 1. The molecule has 1 aliphatic rings. The summed E-state index contributed by atoms with van der Waals surface area (Å²) in [6.45, 7) is 4.00. The first kappa shape index (κ1) is 13.4. The highest BCUT2D eigenvalue weighted by atomic mass is 19.3. The van der Waals surface area contributed by atoms with Gasteiger partial charge in [0, 0.05) is 10.1 Å². The maximum Gasteiger partial charge on any atom is 0.208 e. The minimum absolute atomic E-state index is 0.0250. The zero-order chi connectivity index (χ0) is 12.5. The van der Waals surface area contributed by atoms with Crippen LogP contribution in [0.3, 0.4) is 0 Å². The lowest BCUT2D eigenvalue weighted by Gasteiger charge is -1.99. The van der Waals surface area contributed by atoms with Crippen molar-refractivity contribution in [3.8, 4) is 5.75 Å². The van der Waals surface area contributed by atoms with E-state index < -0.39 is 0 Å². The maximum atomic E-state index is 11.8. The van der Waals surface area contributed by atoms with Crippen LogP contribution in [-0.2, 0) is 0 Å². The third-order valence-corrected chi connectivity index (χ3v) is 2.21. The predicted molar refractivity (Wildman–Crippen MR) is 66.1 cm³/mol. The fourth-order valence-corrected chi connectivity index (χ4v) is 1.44. The number of allylic oxidation sites excluding steroid dienone is 4. The van der Waals surface area contributed by atoms with Gasteiger partial charge in [-0.1, -0.05) is 32.1 Å². The molecule has 1 heterocycles. The molecule has 0 fully saturated rings. The Morgan fingerprint density at radius 2 is 1.88 bits per heavy atom. The van der Waals surface area contributed by atoms with Crippen molar-refractivity contribution in [3.63, 3.8) is 0 Å². The minimum atomic E-state index is 0.0250. The Morgan fingerprint density at radius 1 is 1.18 bits per heavy atom. The second-order valence-corrected chi connectivity index (χ2v) is 3.31. The van der Waals surface area contributed by atoms with E-state index in [2.05, 4.69) is 27.1 Å². The van der Waals surface area contributed by atoms with Crippen LogP contribution in [0.1, 0.15) is 38.9 Å².